The molecule has 3 heteroatoms. The van der Waals surface area contributed by atoms with Crippen LogP contribution in [0.3, 0.4) is 0 Å². The third-order valence-corrected chi connectivity index (χ3v) is 3.48. The van der Waals surface area contributed by atoms with E-state index < -0.39 is 0 Å². The zero-order valence-corrected chi connectivity index (χ0v) is 13.3. The second-order valence-corrected chi connectivity index (χ2v) is 6.76. The van der Waals surface area contributed by atoms with Crippen molar-refractivity contribution in [2.24, 2.45) is 5.41 Å². The van der Waals surface area contributed by atoms with Gasteiger partial charge in [-0.1, -0.05) is 59.1 Å². The van der Waals surface area contributed by atoms with E-state index in [2.05, 4.69) is 58.9 Å². The molecular formula is C15H27N2P. The highest BCUT2D eigenvalue weighted by atomic mass is 31.0. The van der Waals surface area contributed by atoms with Crippen LogP contribution < -0.4 is 0 Å². The maximum absolute atomic E-state index is 2.80. The molecule has 1 aliphatic rings. The standard InChI is InChI=1S/C8H19N2P.C7H8/c1-8(2)6-9(3)4-5-10(11)7-8;1-7-5-3-2-4-6-7/h4-7,11H2,1-3H3;2-6H,1H3. The molecule has 2 nitrogen and oxygen atoms in total. The smallest absolute Gasteiger partial charge is 0.0144 e. The van der Waals surface area contributed by atoms with Crippen molar-refractivity contribution in [1.29, 1.82) is 0 Å². The van der Waals surface area contributed by atoms with E-state index in [0.717, 1.165) is 0 Å². The first-order valence-electron chi connectivity index (χ1n) is 6.59. The van der Waals surface area contributed by atoms with E-state index in [-0.39, 0.29) is 0 Å². The number of nitrogens with zero attached hydrogens (tertiary/aromatic N) is 2. The monoisotopic (exact) mass is 266 g/mol. The minimum atomic E-state index is 0.438. The number of likely N-dealkylation sites (N-methyl/N-ethyl adjacent to an activating group) is 1. The van der Waals surface area contributed by atoms with E-state index in [1.54, 1.807) is 0 Å². The van der Waals surface area contributed by atoms with Crippen LogP contribution in [0.25, 0.3) is 0 Å². The van der Waals surface area contributed by atoms with Crippen LogP contribution in [0.15, 0.2) is 30.3 Å². The van der Waals surface area contributed by atoms with Gasteiger partial charge in [0.2, 0.25) is 0 Å². The summed E-state index contributed by atoms with van der Waals surface area (Å²) in [6.07, 6.45) is 0. The van der Waals surface area contributed by atoms with Gasteiger partial charge in [-0.15, -0.1) is 0 Å². The average molecular weight is 266 g/mol. The van der Waals surface area contributed by atoms with Gasteiger partial charge in [-0.3, -0.25) is 4.67 Å². The van der Waals surface area contributed by atoms with Gasteiger partial charge in [0.1, 0.15) is 0 Å². The molecule has 0 amide bonds. The SMILES string of the molecule is CN1CCN(P)CC(C)(C)C1.Cc1ccccc1. The molecule has 1 saturated heterocycles. The molecule has 1 heterocycles. The average Bonchev–Trinajstić information content (AvgIpc) is 2.38. The molecule has 1 aromatic rings. The summed E-state index contributed by atoms with van der Waals surface area (Å²) in [7, 11) is 5.00. The molecule has 0 radical (unpaired) electrons. The van der Waals surface area contributed by atoms with Crippen molar-refractivity contribution in [2.75, 3.05) is 33.2 Å². The lowest BCUT2D eigenvalue weighted by molar-refractivity contribution is 0.234. The molecule has 0 saturated carbocycles. The summed E-state index contributed by atoms with van der Waals surface area (Å²) in [6, 6.07) is 10.3. The van der Waals surface area contributed by atoms with E-state index in [1.807, 2.05) is 18.2 Å². The fourth-order valence-corrected chi connectivity index (χ4v) is 2.93. The van der Waals surface area contributed by atoms with E-state index in [1.165, 1.54) is 31.7 Å². The Hall–Kier alpha value is -0.430. The first-order chi connectivity index (χ1) is 8.39. The summed E-state index contributed by atoms with van der Waals surface area (Å²) < 4.78 is 2.34. The van der Waals surface area contributed by atoms with Gasteiger partial charge in [0, 0.05) is 26.2 Å². The predicted molar refractivity (Wildman–Crippen MR) is 83.7 cm³/mol. The molecule has 1 atom stereocenters. The highest BCUT2D eigenvalue weighted by molar-refractivity contribution is 7.13. The lowest BCUT2D eigenvalue weighted by Crippen LogP contribution is -2.32. The van der Waals surface area contributed by atoms with Crippen molar-refractivity contribution in [3.8, 4) is 0 Å². The van der Waals surface area contributed by atoms with Gasteiger partial charge in [-0.25, -0.2) is 0 Å². The highest BCUT2D eigenvalue weighted by Gasteiger charge is 2.25. The van der Waals surface area contributed by atoms with E-state index in [4.69, 9.17) is 0 Å². The fourth-order valence-electron chi connectivity index (χ4n) is 2.32. The van der Waals surface area contributed by atoms with Gasteiger partial charge in [-0.05, 0) is 19.4 Å². The molecule has 0 aliphatic carbocycles. The first-order valence-corrected chi connectivity index (χ1v) is 7.10. The molecule has 0 N–H and O–H groups in total. The van der Waals surface area contributed by atoms with Crippen LogP contribution in [-0.4, -0.2) is 42.8 Å². The Morgan fingerprint density at radius 2 is 1.67 bits per heavy atom. The zero-order valence-electron chi connectivity index (χ0n) is 12.2. The lowest BCUT2D eigenvalue weighted by Gasteiger charge is -2.27. The van der Waals surface area contributed by atoms with Crippen LogP contribution >= 0.6 is 9.39 Å². The van der Waals surface area contributed by atoms with E-state index in [0.29, 0.717) is 5.41 Å². The summed E-state index contributed by atoms with van der Waals surface area (Å²) in [6.45, 7) is 11.5. The van der Waals surface area contributed by atoms with Crippen LogP contribution in [0, 0.1) is 12.3 Å². The van der Waals surface area contributed by atoms with Crippen LogP contribution in [0.2, 0.25) is 0 Å². The summed E-state index contributed by atoms with van der Waals surface area (Å²) in [5.41, 5.74) is 1.76. The van der Waals surface area contributed by atoms with E-state index in [9.17, 15) is 0 Å². The Labute approximate surface area is 115 Å². The number of aryl methyl sites for hydroxylation is 1. The third-order valence-electron chi connectivity index (χ3n) is 3.04. The Balaban J connectivity index is 0.000000199. The quantitative estimate of drug-likeness (QED) is 0.666. The molecule has 102 valence electrons. The van der Waals surface area contributed by atoms with Crippen LogP contribution in [0.4, 0.5) is 0 Å². The van der Waals surface area contributed by atoms with Crippen LogP contribution in [0.1, 0.15) is 19.4 Å². The highest BCUT2D eigenvalue weighted by Crippen LogP contribution is 2.22. The number of rotatable bonds is 0. The molecule has 18 heavy (non-hydrogen) atoms. The second kappa shape index (κ2) is 7.23. The van der Waals surface area contributed by atoms with Crippen LogP contribution in [0.5, 0.6) is 0 Å². The van der Waals surface area contributed by atoms with Gasteiger partial charge < -0.3 is 4.90 Å². The van der Waals surface area contributed by atoms with Gasteiger partial charge in [0.25, 0.3) is 0 Å². The first kappa shape index (κ1) is 15.6. The number of benzene rings is 1. The van der Waals surface area contributed by atoms with Gasteiger partial charge >= 0.3 is 0 Å². The van der Waals surface area contributed by atoms with Crippen LogP contribution in [-0.2, 0) is 0 Å². The van der Waals surface area contributed by atoms with Crippen molar-refractivity contribution in [1.82, 2.24) is 9.57 Å². The second-order valence-electron chi connectivity index (χ2n) is 6.03. The molecule has 0 aromatic heterocycles. The van der Waals surface area contributed by atoms with Gasteiger partial charge in [-0.2, -0.15) is 0 Å². The summed E-state index contributed by atoms with van der Waals surface area (Å²) in [4.78, 5) is 2.41. The van der Waals surface area contributed by atoms with Gasteiger partial charge in [0.05, 0.1) is 0 Å². The number of hydrogen-bond acceptors (Lipinski definition) is 2. The molecule has 2 rings (SSSR count). The molecule has 1 aromatic carbocycles. The largest absolute Gasteiger partial charge is 0.305 e. The minimum absolute atomic E-state index is 0.438. The summed E-state index contributed by atoms with van der Waals surface area (Å²) in [5, 5.41) is 0. The maximum Gasteiger partial charge on any atom is 0.0144 e. The Morgan fingerprint density at radius 3 is 2.17 bits per heavy atom. The zero-order chi connectivity index (χ0) is 13.6. The maximum atomic E-state index is 2.80. The number of hydrogen-bond donors (Lipinski definition) is 0. The van der Waals surface area contributed by atoms with E-state index >= 15 is 0 Å². The summed E-state index contributed by atoms with van der Waals surface area (Å²) >= 11 is 0. The van der Waals surface area contributed by atoms with Crippen molar-refractivity contribution in [3.63, 3.8) is 0 Å². The predicted octanol–water partition coefficient (Wildman–Crippen LogP) is 3.05. The molecule has 0 bridgehead atoms. The topological polar surface area (TPSA) is 6.48 Å². The summed E-state index contributed by atoms with van der Waals surface area (Å²) in [5.74, 6) is 0. The van der Waals surface area contributed by atoms with Crippen molar-refractivity contribution in [3.05, 3.63) is 35.9 Å². The van der Waals surface area contributed by atoms with Gasteiger partial charge in [0.15, 0.2) is 0 Å². The molecule has 1 unspecified atom stereocenters. The Bertz CT molecular complexity index is 324. The molecule has 1 fully saturated rings. The van der Waals surface area contributed by atoms with Crippen molar-refractivity contribution >= 4 is 9.39 Å². The van der Waals surface area contributed by atoms with Crippen molar-refractivity contribution < 1.29 is 0 Å². The molecule has 0 spiro atoms. The minimum Gasteiger partial charge on any atom is -0.305 e. The Kier molecular flexibility index (Phi) is 6.28. The lowest BCUT2D eigenvalue weighted by atomic mass is 9.93. The van der Waals surface area contributed by atoms with Crippen molar-refractivity contribution in [2.45, 2.75) is 20.8 Å². The fraction of sp³-hybridized carbons (Fsp3) is 0.600. The third kappa shape index (κ3) is 6.49. The normalized spacial score (nSPS) is 20.7. The molecular weight excluding hydrogens is 239 g/mol. The Morgan fingerprint density at radius 1 is 1.06 bits per heavy atom. The molecule has 1 aliphatic heterocycles.